The van der Waals surface area contributed by atoms with Crippen molar-refractivity contribution in [3.05, 3.63) is 46.5 Å². The van der Waals surface area contributed by atoms with Crippen molar-refractivity contribution in [2.75, 3.05) is 0 Å². The molecule has 0 saturated carbocycles. The third kappa shape index (κ3) is 1.71. The number of hydrogen-bond acceptors (Lipinski definition) is 4. The second kappa shape index (κ2) is 3.45. The normalized spacial score (nSPS) is 10.4. The van der Waals surface area contributed by atoms with Crippen LogP contribution in [0.15, 0.2) is 33.8 Å². The van der Waals surface area contributed by atoms with Crippen LogP contribution >= 0.6 is 0 Å². The molecule has 0 aliphatic heterocycles. The molecule has 2 aromatic rings. The molecule has 0 fully saturated rings. The largest absolute Gasteiger partial charge is 0.361 e. The van der Waals surface area contributed by atoms with E-state index in [9.17, 15) is 4.79 Å². The molecule has 0 aliphatic rings. The number of rotatable bonds is 2. The molecule has 0 radical (unpaired) electrons. The second-order valence-electron chi connectivity index (χ2n) is 2.96. The molecule has 0 saturated heterocycles. The molecule has 2 aromatic heterocycles. The van der Waals surface area contributed by atoms with Crippen LogP contribution in [0.25, 0.3) is 0 Å². The summed E-state index contributed by atoms with van der Waals surface area (Å²) in [7, 11) is 0. The van der Waals surface area contributed by atoms with Gasteiger partial charge in [0.05, 0.1) is 6.54 Å². The Balaban J connectivity index is 2.27. The minimum absolute atomic E-state index is 0.284. The van der Waals surface area contributed by atoms with E-state index in [1.807, 2.05) is 6.92 Å². The van der Waals surface area contributed by atoms with Crippen LogP contribution in [0.2, 0.25) is 0 Å². The minimum atomic E-state index is -0.284. The standard InChI is InChI=1S/C9H9N3O2/c1-7-5-8(11-14-7)6-12-4-2-3-10-9(12)13/h2-5H,6H2,1H3. The first-order valence-corrected chi connectivity index (χ1v) is 4.19. The van der Waals surface area contributed by atoms with Crippen LogP contribution in [0.1, 0.15) is 11.5 Å². The van der Waals surface area contributed by atoms with Crippen molar-refractivity contribution in [1.29, 1.82) is 0 Å². The predicted molar refractivity (Wildman–Crippen MR) is 48.8 cm³/mol. The van der Waals surface area contributed by atoms with Gasteiger partial charge in [0, 0.05) is 18.5 Å². The molecule has 14 heavy (non-hydrogen) atoms. The predicted octanol–water partition coefficient (Wildman–Crippen LogP) is 0.588. The van der Waals surface area contributed by atoms with Crippen molar-refractivity contribution >= 4 is 0 Å². The molecule has 0 amide bonds. The zero-order valence-corrected chi connectivity index (χ0v) is 7.67. The molecule has 5 nitrogen and oxygen atoms in total. The second-order valence-corrected chi connectivity index (χ2v) is 2.96. The summed E-state index contributed by atoms with van der Waals surface area (Å²) in [6.45, 7) is 2.20. The quantitative estimate of drug-likeness (QED) is 0.696. The fourth-order valence-corrected chi connectivity index (χ4v) is 1.17. The lowest BCUT2D eigenvalue weighted by Crippen LogP contribution is -2.21. The van der Waals surface area contributed by atoms with Crippen LogP contribution in [0.5, 0.6) is 0 Å². The molecule has 0 spiro atoms. The zero-order chi connectivity index (χ0) is 9.97. The molecule has 2 rings (SSSR count). The molecule has 72 valence electrons. The van der Waals surface area contributed by atoms with E-state index in [2.05, 4.69) is 10.1 Å². The first kappa shape index (κ1) is 8.68. The third-order valence-electron chi connectivity index (χ3n) is 1.79. The highest BCUT2D eigenvalue weighted by Gasteiger charge is 2.02. The molecule has 5 heteroatoms. The summed E-state index contributed by atoms with van der Waals surface area (Å²) in [5.41, 5.74) is 0.436. The van der Waals surface area contributed by atoms with E-state index in [4.69, 9.17) is 4.52 Å². The Morgan fingerprint density at radius 1 is 1.57 bits per heavy atom. The molecule has 0 unspecified atom stereocenters. The first-order chi connectivity index (χ1) is 6.75. The molecule has 0 bridgehead atoms. The maximum absolute atomic E-state index is 11.2. The van der Waals surface area contributed by atoms with E-state index in [0.29, 0.717) is 6.54 Å². The number of hydrogen-bond donors (Lipinski definition) is 0. The van der Waals surface area contributed by atoms with E-state index in [1.165, 1.54) is 10.8 Å². The summed E-state index contributed by atoms with van der Waals surface area (Å²) in [6.07, 6.45) is 3.13. The molecule has 0 aliphatic carbocycles. The average molecular weight is 191 g/mol. The Bertz CT molecular complexity index is 487. The van der Waals surface area contributed by atoms with E-state index < -0.39 is 0 Å². The summed E-state index contributed by atoms with van der Waals surface area (Å²) in [4.78, 5) is 14.9. The molecule has 2 heterocycles. The van der Waals surface area contributed by atoms with Gasteiger partial charge in [-0.05, 0) is 13.0 Å². The average Bonchev–Trinajstić information content (AvgIpc) is 2.56. The molecular formula is C9H9N3O2. The highest BCUT2D eigenvalue weighted by atomic mass is 16.5. The van der Waals surface area contributed by atoms with Crippen molar-refractivity contribution in [2.45, 2.75) is 13.5 Å². The minimum Gasteiger partial charge on any atom is -0.361 e. The summed E-state index contributed by atoms with van der Waals surface area (Å²) in [5.74, 6) is 0.733. The molecule has 0 N–H and O–H groups in total. The SMILES string of the molecule is Cc1cc(Cn2cccnc2=O)no1. The van der Waals surface area contributed by atoms with Gasteiger partial charge in [-0.3, -0.25) is 4.57 Å². The van der Waals surface area contributed by atoms with Gasteiger partial charge in [0.2, 0.25) is 0 Å². The lowest BCUT2D eigenvalue weighted by atomic mass is 10.4. The lowest BCUT2D eigenvalue weighted by molar-refractivity contribution is 0.388. The summed E-state index contributed by atoms with van der Waals surface area (Å²) in [6, 6.07) is 3.49. The van der Waals surface area contributed by atoms with Gasteiger partial charge in [-0.1, -0.05) is 5.16 Å². The summed E-state index contributed by atoms with van der Waals surface area (Å²) in [5, 5.41) is 3.79. The van der Waals surface area contributed by atoms with Crippen molar-refractivity contribution in [3.63, 3.8) is 0 Å². The van der Waals surface area contributed by atoms with Gasteiger partial charge in [-0.2, -0.15) is 0 Å². The fourth-order valence-electron chi connectivity index (χ4n) is 1.17. The third-order valence-corrected chi connectivity index (χ3v) is 1.79. The van der Waals surface area contributed by atoms with Crippen LogP contribution in [0.3, 0.4) is 0 Å². The summed E-state index contributed by atoms with van der Waals surface area (Å²) < 4.78 is 6.36. The van der Waals surface area contributed by atoms with Gasteiger partial charge in [-0.25, -0.2) is 9.78 Å². The van der Waals surface area contributed by atoms with Gasteiger partial charge >= 0.3 is 5.69 Å². The van der Waals surface area contributed by atoms with Crippen molar-refractivity contribution < 1.29 is 4.52 Å². The fraction of sp³-hybridized carbons (Fsp3) is 0.222. The zero-order valence-electron chi connectivity index (χ0n) is 7.67. The van der Waals surface area contributed by atoms with Gasteiger partial charge in [0.15, 0.2) is 0 Å². The Kier molecular flexibility index (Phi) is 2.14. The van der Waals surface area contributed by atoms with Crippen LogP contribution in [0.4, 0.5) is 0 Å². The maximum atomic E-state index is 11.2. The van der Waals surface area contributed by atoms with Crippen LogP contribution < -0.4 is 5.69 Å². The van der Waals surface area contributed by atoms with Crippen molar-refractivity contribution in [2.24, 2.45) is 0 Å². The van der Waals surface area contributed by atoms with Crippen molar-refractivity contribution in [3.8, 4) is 0 Å². The Labute approximate surface area is 80.0 Å². The summed E-state index contributed by atoms with van der Waals surface area (Å²) >= 11 is 0. The Morgan fingerprint density at radius 3 is 3.07 bits per heavy atom. The van der Waals surface area contributed by atoms with E-state index >= 15 is 0 Å². The highest BCUT2D eigenvalue weighted by Crippen LogP contribution is 2.01. The lowest BCUT2D eigenvalue weighted by Gasteiger charge is -1.98. The number of nitrogens with zero attached hydrogens (tertiary/aromatic N) is 3. The van der Waals surface area contributed by atoms with E-state index in [-0.39, 0.29) is 5.69 Å². The van der Waals surface area contributed by atoms with E-state index in [1.54, 1.807) is 18.3 Å². The van der Waals surface area contributed by atoms with Crippen LogP contribution in [0, 0.1) is 6.92 Å². The topological polar surface area (TPSA) is 60.9 Å². The van der Waals surface area contributed by atoms with Crippen molar-refractivity contribution in [1.82, 2.24) is 14.7 Å². The number of aromatic nitrogens is 3. The van der Waals surface area contributed by atoms with Crippen LogP contribution in [-0.4, -0.2) is 14.7 Å². The number of aryl methyl sites for hydroxylation is 1. The maximum Gasteiger partial charge on any atom is 0.347 e. The molecular weight excluding hydrogens is 182 g/mol. The molecule has 0 aromatic carbocycles. The van der Waals surface area contributed by atoms with Gasteiger partial charge < -0.3 is 4.52 Å². The smallest absolute Gasteiger partial charge is 0.347 e. The molecule has 0 atom stereocenters. The van der Waals surface area contributed by atoms with Gasteiger partial charge in [0.1, 0.15) is 11.5 Å². The highest BCUT2D eigenvalue weighted by molar-refractivity contribution is 5.04. The van der Waals surface area contributed by atoms with Crippen LogP contribution in [-0.2, 0) is 6.54 Å². The van der Waals surface area contributed by atoms with Gasteiger partial charge in [0.25, 0.3) is 0 Å². The monoisotopic (exact) mass is 191 g/mol. The van der Waals surface area contributed by atoms with Gasteiger partial charge in [-0.15, -0.1) is 0 Å². The van der Waals surface area contributed by atoms with E-state index in [0.717, 1.165) is 11.5 Å². The Morgan fingerprint density at radius 2 is 2.43 bits per heavy atom. The first-order valence-electron chi connectivity index (χ1n) is 4.19. The Hall–Kier alpha value is -1.91.